The summed E-state index contributed by atoms with van der Waals surface area (Å²) in [4.78, 5) is 0. The van der Waals surface area contributed by atoms with E-state index in [-0.39, 0.29) is 0 Å². The van der Waals surface area contributed by atoms with Crippen LogP contribution in [0.4, 0.5) is 0 Å². The van der Waals surface area contributed by atoms with Gasteiger partial charge in [0.05, 0.1) is 6.61 Å². The van der Waals surface area contributed by atoms with Crippen LogP contribution in [0.5, 0.6) is 0 Å². The molecule has 3 heteroatoms. The van der Waals surface area contributed by atoms with Crippen LogP contribution >= 0.6 is 11.6 Å². The van der Waals surface area contributed by atoms with E-state index in [0.717, 1.165) is 26.2 Å². The van der Waals surface area contributed by atoms with Crippen LogP contribution in [0.25, 0.3) is 0 Å². The zero-order valence-electron chi connectivity index (χ0n) is 9.10. The summed E-state index contributed by atoms with van der Waals surface area (Å²) in [5, 5.41) is 3.81. The van der Waals surface area contributed by atoms with E-state index in [4.69, 9.17) is 16.3 Å². The van der Waals surface area contributed by atoms with Crippen molar-refractivity contribution >= 4 is 11.6 Å². The number of ether oxygens (including phenoxy) is 1. The van der Waals surface area contributed by atoms with E-state index in [1.165, 1.54) is 25.7 Å². The highest BCUT2D eigenvalue weighted by Gasteiger charge is 2.20. The van der Waals surface area contributed by atoms with E-state index in [2.05, 4.69) is 5.32 Å². The SMILES string of the molecule is CCOCCNC1CCCCCC1Cl. The first-order valence-corrected chi connectivity index (χ1v) is 6.23. The molecule has 2 nitrogen and oxygen atoms in total. The van der Waals surface area contributed by atoms with Gasteiger partial charge in [-0.3, -0.25) is 0 Å². The molecular weight excluding hydrogens is 198 g/mol. The molecule has 14 heavy (non-hydrogen) atoms. The number of nitrogens with one attached hydrogen (secondary N) is 1. The zero-order chi connectivity index (χ0) is 10.2. The van der Waals surface area contributed by atoms with E-state index >= 15 is 0 Å². The lowest BCUT2D eigenvalue weighted by Gasteiger charge is -2.20. The van der Waals surface area contributed by atoms with Crippen LogP contribution in [0.2, 0.25) is 0 Å². The van der Waals surface area contributed by atoms with Crippen LogP contribution in [0.3, 0.4) is 0 Å². The lowest BCUT2D eigenvalue weighted by molar-refractivity contribution is 0.146. The molecule has 0 aromatic carbocycles. The molecule has 1 aliphatic carbocycles. The maximum absolute atomic E-state index is 6.30. The maximum Gasteiger partial charge on any atom is 0.0590 e. The lowest BCUT2D eigenvalue weighted by Crippen LogP contribution is -2.38. The Kier molecular flexibility index (Phi) is 6.57. The van der Waals surface area contributed by atoms with E-state index in [0.29, 0.717) is 11.4 Å². The molecule has 1 rings (SSSR count). The monoisotopic (exact) mass is 219 g/mol. The summed E-state index contributed by atoms with van der Waals surface area (Å²) < 4.78 is 5.29. The van der Waals surface area contributed by atoms with E-state index in [1.807, 2.05) is 6.92 Å². The predicted molar refractivity (Wildman–Crippen MR) is 61.0 cm³/mol. The lowest BCUT2D eigenvalue weighted by atomic mass is 10.1. The molecule has 0 amide bonds. The Hall–Kier alpha value is 0.210. The minimum atomic E-state index is 0.319. The van der Waals surface area contributed by atoms with Crippen LogP contribution in [0.15, 0.2) is 0 Å². The molecule has 2 unspecified atom stereocenters. The third-order valence-corrected chi connectivity index (χ3v) is 3.31. The minimum absolute atomic E-state index is 0.319. The second-order valence-corrected chi connectivity index (χ2v) is 4.47. The van der Waals surface area contributed by atoms with E-state index in [9.17, 15) is 0 Å². The summed E-state index contributed by atoms with van der Waals surface area (Å²) in [7, 11) is 0. The highest BCUT2D eigenvalue weighted by Crippen LogP contribution is 2.22. The molecule has 1 aliphatic rings. The van der Waals surface area contributed by atoms with Crippen molar-refractivity contribution in [2.24, 2.45) is 0 Å². The smallest absolute Gasteiger partial charge is 0.0590 e. The van der Waals surface area contributed by atoms with Gasteiger partial charge in [0.15, 0.2) is 0 Å². The topological polar surface area (TPSA) is 21.3 Å². The molecule has 0 aromatic heterocycles. The fraction of sp³-hybridized carbons (Fsp3) is 1.00. The number of alkyl halides is 1. The van der Waals surface area contributed by atoms with Crippen LogP contribution in [0, 0.1) is 0 Å². The Morgan fingerprint density at radius 1 is 1.29 bits per heavy atom. The summed E-state index contributed by atoms with van der Waals surface area (Å²) in [6, 6.07) is 0.500. The summed E-state index contributed by atoms with van der Waals surface area (Å²) >= 11 is 6.30. The number of hydrogen-bond donors (Lipinski definition) is 1. The molecule has 84 valence electrons. The van der Waals surface area contributed by atoms with Gasteiger partial charge in [-0.1, -0.05) is 19.3 Å². The number of rotatable bonds is 5. The fourth-order valence-corrected chi connectivity index (χ4v) is 2.32. The molecule has 0 heterocycles. The predicted octanol–water partition coefficient (Wildman–Crippen LogP) is 2.55. The van der Waals surface area contributed by atoms with Gasteiger partial charge in [-0.2, -0.15) is 0 Å². The van der Waals surface area contributed by atoms with Crippen molar-refractivity contribution in [1.29, 1.82) is 0 Å². The van der Waals surface area contributed by atoms with Gasteiger partial charge in [0.2, 0.25) is 0 Å². The molecule has 0 spiro atoms. The Balaban J connectivity index is 2.13. The largest absolute Gasteiger partial charge is 0.380 e. The van der Waals surface area contributed by atoms with Crippen molar-refractivity contribution in [1.82, 2.24) is 5.32 Å². The summed E-state index contributed by atoms with van der Waals surface area (Å²) in [6.07, 6.45) is 6.33. The molecular formula is C11H22ClNO. The molecule has 2 atom stereocenters. The van der Waals surface area contributed by atoms with Crippen molar-refractivity contribution in [2.45, 2.75) is 50.4 Å². The highest BCUT2D eigenvalue weighted by molar-refractivity contribution is 6.21. The van der Waals surface area contributed by atoms with E-state index in [1.54, 1.807) is 0 Å². The first-order valence-electron chi connectivity index (χ1n) is 5.79. The van der Waals surface area contributed by atoms with Crippen LogP contribution in [-0.2, 0) is 4.74 Å². The molecule has 0 aliphatic heterocycles. The van der Waals surface area contributed by atoms with Gasteiger partial charge in [-0.05, 0) is 19.8 Å². The highest BCUT2D eigenvalue weighted by atomic mass is 35.5. The van der Waals surface area contributed by atoms with Crippen LogP contribution in [0.1, 0.15) is 39.0 Å². The first kappa shape index (κ1) is 12.3. The molecule has 1 N–H and O–H groups in total. The van der Waals surface area contributed by atoms with Gasteiger partial charge >= 0.3 is 0 Å². The van der Waals surface area contributed by atoms with E-state index < -0.39 is 0 Å². The molecule has 0 bridgehead atoms. The van der Waals surface area contributed by atoms with Crippen molar-refractivity contribution in [3.63, 3.8) is 0 Å². The molecule has 1 fully saturated rings. The molecule has 0 radical (unpaired) electrons. The fourth-order valence-electron chi connectivity index (χ4n) is 1.95. The molecule has 1 saturated carbocycles. The van der Waals surface area contributed by atoms with Crippen molar-refractivity contribution in [3.8, 4) is 0 Å². The first-order chi connectivity index (χ1) is 6.84. The van der Waals surface area contributed by atoms with Gasteiger partial charge < -0.3 is 10.1 Å². The van der Waals surface area contributed by atoms with Gasteiger partial charge in [0, 0.05) is 24.6 Å². The Morgan fingerprint density at radius 2 is 2.07 bits per heavy atom. The van der Waals surface area contributed by atoms with Gasteiger partial charge in [-0.15, -0.1) is 11.6 Å². The Bertz CT molecular complexity index is 143. The summed E-state index contributed by atoms with van der Waals surface area (Å²) in [6.45, 7) is 4.56. The summed E-state index contributed by atoms with van der Waals surface area (Å²) in [5.41, 5.74) is 0. The second kappa shape index (κ2) is 7.49. The Morgan fingerprint density at radius 3 is 2.86 bits per heavy atom. The van der Waals surface area contributed by atoms with Crippen molar-refractivity contribution in [3.05, 3.63) is 0 Å². The van der Waals surface area contributed by atoms with Gasteiger partial charge in [0.25, 0.3) is 0 Å². The summed E-state index contributed by atoms with van der Waals surface area (Å²) in [5.74, 6) is 0. The minimum Gasteiger partial charge on any atom is -0.380 e. The third kappa shape index (κ3) is 4.63. The van der Waals surface area contributed by atoms with Gasteiger partial charge in [0.1, 0.15) is 0 Å². The zero-order valence-corrected chi connectivity index (χ0v) is 9.85. The van der Waals surface area contributed by atoms with Crippen molar-refractivity contribution < 1.29 is 4.74 Å². The standard InChI is InChI=1S/C11H22ClNO/c1-2-14-9-8-13-11-7-5-3-4-6-10(11)12/h10-11,13H,2-9H2,1H3. The van der Waals surface area contributed by atoms with Crippen molar-refractivity contribution in [2.75, 3.05) is 19.8 Å². The number of halogens is 1. The molecule has 0 saturated heterocycles. The maximum atomic E-state index is 6.30. The Labute approximate surface area is 92.3 Å². The van der Waals surface area contributed by atoms with Crippen LogP contribution in [-0.4, -0.2) is 31.2 Å². The second-order valence-electron chi connectivity index (χ2n) is 3.91. The number of hydrogen-bond acceptors (Lipinski definition) is 2. The van der Waals surface area contributed by atoms with Gasteiger partial charge in [-0.25, -0.2) is 0 Å². The molecule has 0 aromatic rings. The average molecular weight is 220 g/mol. The normalized spacial score (nSPS) is 28.7. The quantitative estimate of drug-likeness (QED) is 0.436. The average Bonchev–Trinajstić information content (AvgIpc) is 2.39. The van der Waals surface area contributed by atoms with Crippen LogP contribution < -0.4 is 5.32 Å². The third-order valence-electron chi connectivity index (χ3n) is 2.79.